The van der Waals surface area contributed by atoms with Gasteiger partial charge in [0.2, 0.25) is 5.91 Å². The van der Waals surface area contributed by atoms with Crippen molar-refractivity contribution in [3.05, 3.63) is 28.2 Å². The van der Waals surface area contributed by atoms with Crippen molar-refractivity contribution in [3.8, 4) is 0 Å². The Kier molecular flexibility index (Phi) is 2.58. The Morgan fingerprint density at radius 2 is 2.00 bits per heavy atom. The normalized spacial score (nSPS) is 20.1. The van der Waals surface area contributed by atoms with Gasteiger partial charge in [0.15, 0.2) is 15.1 Å². The van der Waals surface area contributed by atoms with Crippen LogP contribution in [0.5, 0.6) is 0 Å². The average Bonchev–Trinajstić information content (AvgIpc) is 2.38. The first-order valence-electron chi connectivity index (χ1n) is 4.58. The summed E-state index contributed by atoms with van der Waals surface area (Å²) >= 11 is 3.27. The van der Waals surface area contributed by atoms with Crippen molar-refractivity contribution in [2.24, 2.45) is 0 Å². The topological polar surface area (TPSA) is 54.5 Å². The number of fused-ring (bicyclic) bond motifs is 1. The quantitative estimate of drug-likeness (QED) is 0.790. The minimum Gasteiger partial charge on any atom is -0.314 e. The van der Waals surface area contributed by atoms with Crippen molar-refractivity contribution in [2.75, 3.05) is 18.2 Å². The molecule has 0 fully saturated rings. The number of sulfone groups is 1. The third-order valence-corrected chi connectivity index (χ3v) is 4.42. The van der Waals surface area contributed by atoms with E-state index >= 15 is 0 Å². The summed E-state index contributed by atoms with van der Waals surface area (Å²) < 4.78 is 24.0. The molecule has 0 spiro atoms. The SMILES string of the molecule is CN1C(=O)C(S(C)(=O)=O)c2cc(Br)ccc21. The Labute approximate surface area is 102 Å². The standard InChI is InChI=1S/C10H10BrNO3S/c1-12-8-4-3-6(11)5-7(8)9(10(12)13)16(2,14)15/h3-5,9H,1-2H3. The van der Waals surface area contributed by atoms with Crippen molar-refractivity contribution in [3.63, 3.8) is 0 Å². The lowest BCUT2D eigenvalue weighted by molar-refractivity contribution is -0.117. The molecule has 1 aromatic rings. The van der Waals surface area contributed by atoms with Gasteiger partial charge in [-0.05, 0) is 18.2 Å². The Morgan fingerprint density at radius 3 is 2.56 bits per heavy atom. The number of amides is 1. The molecule has 0 N–H and O–H groups in total. The molecule has 0 radical (unpaired) electrons. The number of carbonyl (C=O) groups is 1. The molecule has 0 aliphatic carbocycles. The highest BCUT2D eigenvalue weighted by Crippen LogP contribution is 2.40. The zero-order chi connectivity index (χ0) is 12.1. The highest BCUT2D eigenvalue weighted by atomic mass is 79.9. The summed E-state index contributed by atoms with van der Waals surface area (Å²) in [7, 11) is -1.84. The first-order valence-corrected chi connectivity index (χ1v) is 7.33. The first kappa shape index (κ1) is 11.6. The van der Waals surface area contributed by atoms with Crippen LogP contribution in [0.3, 0.4) is 0 Å². The Hall–Kier alpha value is -0.880. The molecule has 16 heavy (non-hydrogen) atoms. The van der Waals surface area contributed by atoms with Gasteiger partial charge < -0.3 is 4.90 Å². The molecular formula is C10H10BrNO3S. The molecule has 2 rings (SSSR count). The summed E-state index contributed by atoms with van der Waals surface area (Å²) in [6.45, 7) is 0. The average molecular weight is 304 g/mol. The summed E-state index contributed by atoms with van der Waals surface area (Å²) in [6.07, 6.45) is 1.08. The number of nitrogens with zero attached hydrogens (tertiary/aromatic N) is 1. The van der Waals surface area contributed by atoms with E-state index in [0.717, 1.165) is 10.7 Å². The number of hydrogen-bond acceptors (Lipinski definition) is 3. The maximum atomic E-state index is 11.9. The van der Waals surface area contributed by atoms with Crippen LogP contribution in [0.2, 0.25) is 0 Å². The van der Waals surface area contributed by atoms with Crippen LogP contribution in [-0.2, 0) is 14.6 Å². The summed E-state index contributed by atoms with van der Waals surface area (Å²) in [5, 5.41) is -1.06. The van der Waals surface area contributed by atoms with Gasteiger partial charge in [0.05, 0.1) is 0 Å². The molecule has 1 aromatic carbocycles. The van der Waals surface area contributed by atoms with Crippen molar-refractivity contribution in [2.45, 2.75) is 5.25 Å². The fourth-order valence-electron chi connectivity index (χ4n) is 1.88. The number of anilines is 1. The van der Waals surface area contributed by atoms with Gasteiger partial charge in [-0.15, -0.1) is 0 Å². The summed E-state index contributed by atoms with van der Waals surface area (Å²) in [6, 6.07) is 5.21. The van der Waals surface area contributed by atoms with E-state index in [4.69, 9.17) is 0 Å². The van der Waals surface area contributed by atoms with Crippen LogP contribution in [0.25, 0.3) is 0 Å². The van der Waals surface area contributed by atoms with Crippen LogP contribution in [-0.4, -0.2) is 27.6 Å². The summed E-state index contributed by atoms with van der Waals surface area (Å²) in [5.41, 5.74) is 1.20. The fraction of sp³-hybridized carbons (Fsp3) is 0.300. The molecule has 1 heterocycles. The first-order chi connectivity index (χ1) is 7.32. The molecule has 0 saturated carbocycles. The molecule has 0 aromatic heterocycles. The van der Waals surface area contributed by atoms with Crippen molar-refractivity contribution in [1.29, 1.82) is 0 Å². The number of halogens is 1. The Bertz CT molecular complexity index is 567. The predicted molar refractivity (Wildman–Crippen MR) is 65.1 cm³/mol. The lowest BCUT2D eigenvalue weighted by atomic mass is 10.1. The van der Waals surface area contributed by atoms with Crippen molar-refractivity contribution in [1.82, 2.24) is 0 Å². The van der Waals surface area contributed by atoms with Gasteiger partial charge in [0.1, 0.15) is 0 Å². The number of hydrogen-bond donors (Lipinski definition) is 0. The molecule has 86 valence electrons. The monoisotopic (exact) mass is 303 g/mol. The van der Waals surface area contributed by atoms with Crippen LogP contribution in [0.15, 0.2) is 22.7 Å². The molecular weight excluding hydrogens is 294 g/mol. The molecule has 0 saturated heterocycles. The molecule has 1 aliphatic rings. The zero-order valence-electron chi connectivity index (χ0n) is 8.77. The van der Waals surface area contributed by atoms with Gasteiger partial charge in [0, 0.05) is 29.0 Å². The number of likely N-dealkylation sites (N-methyl/N-ethyl adjacent to an activating group) is 1. The van der Waals surface area contributed by atoms with Gasteiger partial charge >= 0.3 is 0 Å². The third-order valence-electron chi connectivity index (χ3n) is 2.62. The van der Waals surface area contributed by atoms with Gasteiger partial charge in [-0.1, -0.05) is 15.9 Å². The van der Waals surface area contributed by atoms with E-state index in [1.54, 1.807) is 25.2 Å². The molecule has 4 nitrogen and oxygen atoms in total. The molecule has 6 heteroatoms. The smallest absolute Gasteiger partial charge is 0.249 e. The molecule has 0 bridgehead atoms. The third kappa shape index (κ3) is 1.66. The molecule has 1 atom stereocenters. The fourth-order valence-corrected chi connectivity index (χ4v) is 3.44. The van der Waals surface area contributed by atoms with E-state index in [2.05, 4.69) is 15.9 Å². The van der Waals surface area contributed by atoms with Crippen LogP contribution in [0, 0.1) is 0 Å². The van der Waals surface area contributed by atoms with Crippen LogP contribution in [0.4, 0.5) is 5.69 Å². The lowest BCUT2D eigenvalue weighted by Gasteiger charge is -2.09. The number of rotatable bonds is 1. The minimum absolute atomic E-state index is 0.393. The minimum atomic E-state index is -3.43. The number of carbonyl (C=O) groups excluding carboxylic acids is 1. The van der Waals surface area contributed by atoms with Crippen LogP contribution < -0.4 is 4.90 Å². The number of benzene rings is 1. The highest BCUT2D eigenvalue weighted by molar-refractivity contribution is 9.10. The molecule has 1 aliphatic heterocycles. The second kappa shape index (κ2) is 3.56. The lowest BCUT2D eigenvalue weighted by Crippen LogP contribution is -2.27. The second-order valence-corrected chi connectivity index (χ2v) is 6.86. The maximum absolute atomic E-state index is 11.9. The van der Waals surface area contributed by atoms with Crippen molar-refractivity contribution >= 4 is 37.4 Å². The van der Waals surface area contributed by atoms with Crippen LogP contribution >= 0.6 is 15.9 Å². The summed E-state index contributed by atoms with van der Waals surface area (Å²) in [5.74, 6) is -0.393. The Morgan fingerprint density at radius 1 is 1.38 bits per heavy atom. The largest absolute Gasteiger partial charge is 0.314 e. The highest BCUT2D eigenvalue weighted by Gasteiger charge is 2.41. The van der Waals surface area contributed by atoms with E-state index in [-0.39, 0.29) is 0 Å². The Balaban J connectivity index is 2.70. The molecule has 1 amide bonds. The maximum Gasteiger partial charge on any atom is 0.249 e. The van der Waals surface area contributed by atoms with Gasteiger partial charge in [-0.25, -0.2) is 8.42 Å². The second-order valence-electron chi connectivity index (χ2n) is 3.81. The predicted octanol–water partition coefficient (Wildman–Crippen LogP) is 1.51. The van der Waals surface area contributed by atoms with E-state index in [1.165, 1.54) is 4.90 Å². The van der Waals surface area contributed by atoms with Crippen LogP contribution in [0.1, 0.15) is 10.8 Å². The van der Waals surface area contributed by atoms with Gasteiger partial charge in [-0.2, -0.15) is 0 Å². The van der Waals surface area contributed by atoms with Gasteiger partial charge in [0.25, 0.3) is 0 Å². The van der Waals surface area contributed by atoms with E-state index in [1.807, 2.05) is 0 Å². The van der Waals surface area contributed by atoms with E-state index in [0.29, 0.717) is 11.3 Å². The van der Waals surface area contributed by atoms with E-state index in [9.17, 15) is 13.2 Å². The van der Waals surface area contributed by atoms with Gasteiger partial charge in [-0.3, -0.25) is 4.79 Å². The zero-order valence-corrected chi connectivity index (χ0v) is 11.2. The van der Waals surface area contributed by atoms with E-state index < -0.39 is 21.0 Å². The molecule has 1 unspecified atom stereocenters. The summed E-state index contributed by atoms with van der Waals surface area (Å²) in [4.78, 5) is 13.2. The van der Waals surface area contributed by atoms with Crippen molar-refractivity contribution < 1.29 is 13.2 Å².